The summed E-state index contributed by atoms with van der Waals surface area (Å²) < 4.78 is 15.3. The van der Waals surface area contributed by atoms with E-state index in [1.807, 2.05) is 0 Å². The summed E-state index contributed by atoms with van der Waals surface area (Å²) in [4.78, 5) is 17.9. The summed E-state index contributed by atoms with van der Waals surface area (Å²) in [5.74, 6) is -1.31. The number of carboxylic acid groups (broad SMARTS) is 1. The Kier molecular flexibility index (Phi) is 3.69. The van der Waals surface area contributed by atoms with E-state index in [9.17, 15) is 9.18 Å². The molecule has 0 saturated carbocycles. The molecule has 0 radical (unpaired) electrons. The molecule has 0 bridgehead atoms. The zero-order valence-electron chi connectivity index (χ0n) is 12.8. The van der Waals surface area contributed by atoms with Gasteiger partial charge in [0.15, 0.2) is 4.96 Å². The second-order valence-electron chi connectivity index (χ2n) is 5.82. The van der Waals surface area contributed by atoms with Crippen molar-refractivity contribution in [3.63, 3.8) is 0 Å². The smallest absolute Gasteiger partial charge is 0.328 e. The van der Waals surface area contributed by atoms with E-state index in [0.717, 1.165) is 41.6 Å². The zero-order valence-corrected chi connectivity index (χ0v) is 13.6. The molecule has 6 heteroatoms. The molecule has 1 N–H and O–H groups in total. The Morgan fingerprint density at radius 3 is 2.75 bits per heavy atom. The van der Waals surface area contributed by atoms with Crippen molar-refractivity contribution in [1.29, 1.82) is 0 Å². The van der Waals surface area contributed by atoms with Gasteiger partial charge in [-0.15, -0.1) is 11.3 Å². The quantitative estimate of drug-likeness (QED) is 0.727. The summed E-state index contributed by atoms with van der Waals surface area (Å²) in [5, 5.41) is 9.01. The lowest BCUT2D eigenvalue weighted by Crippen LogP contribution is -2.04. The number of thiazole rings is 1. The first-order chi connectivity index (χ1) is 11.6. The first kappa shape index (κ1) is 15.1. The van der Waals surface area contributed by atoms with Gasteiger partial charge in [0.25, 0.3) is 0 Å². The summed E-state index contributed by atoms with van der Waals surface area (Å²) in [6.45, 7) is 0. The molecule has 24 heavy (non-hydrogen) atoms. The van der Waals surface area contributed by atoms with Crippen molar-refractivity contribution < 1.29 is 14.3 Å². The molecule has 0 spiro atoms. The van der Waals surface area contributed by atoms with Crippen molar-refractivity contribution in [2.45, 2.75) is 25.7 Å². The average Bonchev–Trinajstić information content (AvgIpc) is 3.09. The molecule has 1 aliphatic rings. The highest BCUT2D eigenvalue weighted by atomic mass is 32.1. The second-order valence-corrected chi connectivity index (χ2v) is 6.88. The summed E-state index contributed by atoms with van der Waals surface area (Å²) in [7, 11) is 0. The number of hydrogen-bond donors (Lipinski definition) is 1. The molecule has 1 aliphatic carbocycles. The van der Waals surface area contributed by atoms with Crippen molar-refractivity contribution in [2.24, 2.45) is 0 Å². The Labute approximate surface area is 141 Å². The summed E-state index contributed by atoms with van der Waals surface area (Å²) >= 11 is 1.66. The Morgan fingerprint density at radius 1 is 1.25 bits per heavy atom. The topological polar surface area (TPSA) is 54.6 Å². The van der Waals surface area contributed by atoms with Crippen LogP contribution in [0, 0.1) is 5.82 Å². The SMILES string of the molecule is O=C(O)/C=C/c1c(-c2ccc(F)cc2)nc2sc3c(n12)CCCC3. The number of aromatic nitrogens is 2. The van der Waals surface area contributed by atoms with E-state index in [-0.39, 0.29) is 5.82 Å². The van der Waals surface area contributed by atoms with E-state index < -0.39 is 5.97 Å². The molecule has 0 saturated heterocycles. The highest BCUT2D eigenvalue weighted by Gasteiger charge is 2.22. The van der Waals surface area contributed by atoms with E-state index in [1.54, 1.807) is 29.5 Å². The molecule has 0 atom stereocenters. The normalized spacial score (nSPS) is 14.4. The van der Waals surface area contributed by atoms with Gasteiger partial charge >= 0.3 is 5.97 Å². The minimum atomic E-state index is -1.00. The molecule has 0 amide bonds. The maximum Gasteiger partial charge on any atom is 0.328 e. The van der Waals surface area contributed by atoms with Crippen molar-refractivity contribution in [3.8, 4) is 11.3 Å². The van der Waals surface area contributed by atoms with Crippen LogP contribution in [0.2, 0.25) is 0 Å². The van der Waals surface area contributed by atoms with Gasteiger partial charge < -0.3 is 5.11 Å². The van der Waals surface area contributed by atoms with Crippen LogP contribution >= 0.6 is 11.3 Å². The van der Waals surface area contributed by atoms with E-state index in [0.29, 0.717) is 5.69 Å². The van der Waals surface area contributed by atoms with Crippen LogP contribution in [0.1, 0.15) is 29.1 Å². The van der Waals surface area contributed by atoms with Crippen LogP contribution in [0.4, 0.5) is 4.39 Å². The van der Waals surface area contributed by atoms with Crippen LogP contribution in [0.25, 0.3) is 22.3 Å². The first-order valence-electron chi connectivity index (χ1n) is 7.83. The lowest BCUT2D eigenvalue weighted by atomic mass is 10.0. The average molecular weight is 342 g/mol. The molecular formula is C18H15FN2O2S. The minimum Gasteiger partial charge on any atom is -0.478 e. The maximum atomic E-state index is 13.2. The molecule has 122 valence electrons. The van der Waals surface area contributed by atoms with Gasteiger partial charge in [0.2, 0.25) is 0 Å². The molecule has 4 nitrogen and oxygen atoms in total. The largest absolute Gasteiger partial charge is 0.478 e. The van der Waals surface area contributed by atoms with Crippen molar-refractivity contribution in [1.82, 2.24) is 9.38 Å². The molecular weight excluding hydrogens is 327 g/mol. The fourth-order valence-corrected chi connectivity index (χ4v) is 4.40. The third-order valence-electron chi connectivity index (χ3n) is 4.26. The van der Waals surface area contributed by atoms with Gasteiger partial charge in [-0.1, -0.05) is 0 Å². The predicted molar refractivity (Wildman–Crippen MR) is 91.8 cm³/mol. The molecule has 1 aromatic carbocycles. The van der Waals surface area contributed by atoms with E-state index in [1.165, 1.54) is 29.1 Å². The third-order valence-corrected chi connectivity index (χ3v) is 5.40. The van der Waals surface area contributed by atoms with Crippen LogP contribution in [0.5, 0.6) is 0 Å². The van der Waals surface area contributed by atoms with E-state index in [4.69, 9.17) is 10.1 Å². The number of benzene rings is 1. The highest BCUT2D eigenvalue weighted by molar-refractivity contribution is 7.17. The molecule has 4 rings (SSSR count). The lowest BCUT2D eigenvalue weighted by molar-refractivity contribution is -0.131. The number of hydrogen-bond acceptors (Lipinski definition) is 3. The number of carbonyl (C=O) groups is 1. The second kappa shape index (κ2) is 5.87. The van der Waals surface area contributed by atoms with Crippen LogP contribution in [0.3, 0.4) is 0 Å². The Bertz CT molecular complexity index is 954. The number of imidazole rings is 1. The van der Waals surface area contributed by atoms with Crippen molar-refractivity contribution in [3.05, 3.63) is 52.4 Å². The Balaban J connectivity index is 1.95. The summed E-state index contributed by atoms with van der Waals surface area (Å²) in [6, 6.07) is 6.13. The van der Waals surface area contributed by atoms with Crippen LogP contribution in [-0.4, -0.2) is 20.5 Å². The molecule has 2 aromatic heterocycles. The molecule has 0 aliphatic heterocycles. The Hall–Kier alpha value is -2.47. The van der Waals surface area contributed by atoms with Gasteiger partial charge in [0.05, 0.1) is 11.4 Å². The van der Waals surface area contributed by atoms with Gasteiger partial charge in [-0.25, -0.2) is 14.2 Å². The van der Waals surface area contributed by atoms with Crippen LogP contribution < -0.4 is 0 Å². The van der Waals surface area contributed by atoms with Crippen LogP contribution in [0.15, 0.2) is 30.3 Å². The summed E-state index contributed by atoms with van der Waals surface area (Å²) in [6.07, 6.45) is 7.05. The molecule has 0 unspecified atom stereocenters. The monoisotopic (exact) mass is 342 g/mol. The fraction of sp³-hybridized carbons (Fsp3) is 0.222. The van der Waals surface area contributed by atoms with E-state index >= 15 is 0 Å². The van der Waals surface area contributed by atoms with Crippen molar-refractivity contribution >= 4 is 28.3 Å². The first-order valence-corrected chi connectivity index (χ1v) is 8.65. The number of aliphatic carboxylic acids is 1. The Morgan fingerprint density at radius 2 is 2.00 bits per heavy atom. The number of carboxylic acids is 1. The molecule has 3 aromatic rings. The van der Waals surface area contributed by atoms with Gasteiger partial charge in [-0.05, 0) is 56.0 Å². The van der Waals surface area contributed by atoms with Gasteiger partial charge in [-0.2, -0.15) is 0 Å². The third kappa shape index (κ3) is 2.53. The number of aryl methyl sites for hydroxylation is 2. The number of nitrogens with zero attached hydrogens (tertiary/aromatic N) is 2. The predicted octanol–water partition coefficient (Wildman–Crippen LogP) is 4.18. The number of halogens is 1. The van der Waals surface area contributed by atoms with Crippen LogP contribution in [-0.2, 0) is 17.6 Å². The fourth-order valence-electron chi connectivity index (χ4n) is 3.18. The maximum absolute atomic E-state index is 13.2. The summed E-state index contributed by atoms with van der Waals surface area (Å²) in [5.41, 5.74) is 3.44. The van der Waals surface area contributed by atoms with E-state index in [2.05, 4.69) is 4.40 Å². The molecule has 0 fully saturated rings. The number of rotatable bonds is 3. The number of fused-ring (bicyclic) bond motifs is 3. The highest BCUT2D eigenvalue weighted by Crippen LogP contribution is 2.35. The van der Waals surface area contributed by atoms with Gasteiger partial charge in [-0.3, -0.25) is 4.40 Å². The molecule has 2 heterocycles. The lowest BCUT2D eigenvalue weighted by Gasteiger charge is -2.11. The van der Waals surface area contributed by atoms with Gasteiger partial charge in [0.1, 0.15) is 5.82 Å². The minimum absolute atomic E-state index is 0.306. The van der Waals surface area contributed by atoms with Crippen molar-refractivity contribution in [2.75, 3.05) is 0 Å². The standard InChI is InChI=1S/C18H15FN2O2S/c19-12-7-5-11(6-8-12)17-14(9-10-16(22)23)21-13-3-1-2-4-15(13)24-18(21)20-17/h5-10H,1-4H2,(H,22,23)/b10-9+. The van der Waals surface area contributed by atoms with Gasteiger partial charge in [0, 0.05) is 22.2 Å². The zero-order chi connectivity index (χ0) is 16.7.